The Labute approximate surface area is 89.1 Å². The Morgan fingerprint density at radius 3 is 3.00 bits per heavy atom. The van der Waals surface area contributed by atoms with Crippen LogP contribution in [0, 0.1) is 12.8 Å². The van der Waals surface area contributed by atoms with E-state index in [2.05, 4.69) is 20.3 Å². The first-order valence-corrected chi connectivity index (χ1v) is 5.43. The summed E-state index contributed by atoms with van der Waals surface area (Å²) in [6, 6.07) is 0. The van der Waals surface area contributed by atoms with Gasteiger partial charge in [0.15, 0.2) is 0 Å². The molecule has 1 N–H and O–H groups in total. The molecule has 15 heavy (non-hydrogen) atoms. The zero-order valence-corrected chi connectivity index (χ0v) is 9.03. The lowest BCUT2D eigenvalue weighted by molar-refractivity contribution is 0.126. The van der Waals surface area contributed by atoms with Crippen molar-refractivity contribution in [3.63, 3.8) is 0 Å². The fraction of sp³-hybridized carbons (Fsp3) is 0.800. The molecule has 1 aromatic heterocycles. The van der Waals surface area contributed by atoms with E-state index < -0.39 is 0 Å². The fourth-order valence-corrected chi connectivity index (χ4v) is 1.30. The van der Waals surface area contributed by atoms with E-state index in [0.717, 1.165) is 37.1 Å². The number of ether oxygens (including phenoxy) is 1. The number of aryl methyl sites for hydroxylation is 1. The van der Waals surface area contributed by atoms with Gasteiger partial charge in [0, 0.05) is 19.7 Å². The van der Waals surface area contributed by atoms with Crippen LogP contribution in [0.15, 0.2) is 4.63 Å². The smallest absolute Gasteiger partial charge is 0.121 e. The summed E-state index contributed by atoms with van der Waals surface area (Å²) in [5.41, 5.74) is 1.72. The molecule has 1 aliphatic rings. The van der Waals surface area contributed by atoms with E-state index in [-0.39, 0.29) is 0 Å². The van der Waals surface area contributed by atoms with Gasteiger partial charge in [-0.1, -0.05) is 10.3 Å². The molecule has 2 rings (SSSR count). The third kappa shape index (κ3) is 3.60. The molecule has 0 aromatic carbocycles. The first-order valence-electron chi connectivity index (χ1n) is 5.43. The Hall–Kier alpha value is -0.940. The summed E-state index contributed by atoms with van der Waals surface area (Å²) in [6.07, 6.45) is 2.69. The van der Waals surface area contributed by atoms with Crippen LogP contribution in [0.4, 0.5) is 0 Å². The average Bonchev–Trinajstić information content (AvgIpc) is 2.96. The van der Waals surface area contributed by atoms with E-state index in [1.54, 1.807) is 0 Å². The SMILES string of the molecule is Cc1nonc1CNCCOCC1CC1. The Bertz CT molecular complexity index is 297. The molecule has 0 radical (unpaired) electrons. The summed E-state index contributed by atoms with van der Waals surface area (Å²) in [7, 11) is 0. The summed E-state index contributed by atoms with van der Waals surface area (Å²) in [5.74, 6) is 0.840. The predicted molar refractivity (Wildman–Crippen MR) is 54.3 cm³/mol. The first kappa shape index (κ1) is 10.6. The van der Waals surface area contributed by atoms with Gasteiger partial charge in [0.1, 0.15) is 11.4 Å². The van der Waals surface area contributed by atoms with Crippen molar-refractivity contribution in [3.8, 4) is 0 Å². The van der Waals surface area contributed by atoms with Crippen molar-refractivity contribution in [2.45, 2.75) is 26.3 Å². The second kappa shape index (κ2) is 5.23. The minimum Gasteiger partial charge on any atom is -0.380 e. The van der Waals surface area contributed by atoms with Crippen molar-refractivity contribution < 1.29 is 9.37 Å². The Kier molecular flexibility index (Phi) is 3.69. The molecule has 84 valence electrons. The van der Waals surface area contributed by atoms with Crippen LogP contribution in [-0.2, 0) is 11.3 Å². The van der Waals surface area contributed by atoms with Crippen LogP contribution in [-0.4, -0.2) is 30.1 Å². The maximum Gasteiger partial charge on any atom is 0.121 e. The minimum atomic E-state index is 0.697. The Morgan fingerprint density at radius 2 is 2.33 bits per heavy atom. The molecule has 1 aliphatic carbocycles. The van der Waals surface area contributed by atoms with Crippen LogP contribution >= 0.6 is 0 Å². The zero-order valence-electron chi connectivity index (χ0n) is 9.03. The Balaban J connectivity index is 1.49. The molecule has 1 saturated carbocycles. The highest BCUT2D eigenvalue weighted by Crippen LogP contribution is 2.28. The van der Waals surface area contributed by atoms with E-state index in [0.29, 0.717) is 6.54 Å². The maximum absolute atomic E-state index is 5.49. The van der Waals surface area contributed by atoms with E-state index in [9.17, 15) is 0 Å². The minimum absolute atomic E-state index is 0.697. The van der Waals surface area contributed by atoms with Crippen molar-refractivity contribution in [1.82, 2.24) is 15.6 Å². The second-order valence-corrected chi connectivity index (χ2v) is 3.99. The van der Waals surface area contributed by atoms with Gasteiger partial charge in [-0.2, -0.15) is 0 Å². The van der Waals surface area contributed by atoms with E-state index in [4.69, 9.17) is 4.74 Å². The highest BCUT2D eigenvalue weighted by molar-refractivity contribution is 5.03. The molecular formula is C10H17N3O2. The van der Waals surface area contributed by atoms with Crippen molar-refractivity contribution in [2.75, 3.05) is 19.8 Å². The van der Waals surface area contributed by atoms with Gasteiger partial charge in [-0.15, -0.1) is 0 Å². The van der Waals surface area contributed by atoms with E-state index >= 15 is 0 Å². The quantitative estimate of drug-likeness (QED) is 0.679. The molecule has 1 heterocycles. The predicted octanol–water partition coefficient (Wildman–Crippen LogP) is 0.894. The summed E-state index contributed by atoms with van der Waals surface area (Å²) < 4.78 is 10.1. The molecule has 0 spiro atoms. The monoisotopic (exact) mass is 211 g/mol. The summed E-state index contributed by atoms with van der Waals surface area (Å²) in [4.78, 5) is 0. The molecule has 1 aromatic rings. The number of rotatable bonds is 7. The molecule has 0 bridgehead atoms. The lowest BCUT2D eigenvalue weighted by Crippen LogP contribution is -2.20. The first-order chi connectivity index (χ1) is 7.36. The zero-order chi connectivity index (χ0) is 10.5. The van der Waals surface area contributed by atoms with Gasteiger partial charge in [0.25, 0.3) is 0 Å². The van der Waals surface area contributed by atoms with E-state index in [1.165, 1.54) is 12.8 Å². The van der Waals surface area contributed by atoms with Gasteiger partial charge in [-0.05, 0) is 25.7 Å². The van der Waals surface area contributed by atoms with Crippen molar-refractivity contribution in [2.24, 2.45) is 5.92 Å². The van der Waals surface area contributed by atoms with Crippen LogP contribution in [0.1, 0.15) is 24.2 Å². The third-order valence-corrected chi connectivity index (χ3v) is 2.51. The number of hydrogen-bond acceptors (Lipinski definition) is 5. The molecule has 0 aliphatic heterocycles. The molecule has 0 amide bonds. The normalized spacial score (nSPS) is 15.8. The van der Waals surface area contributed by atoms with Gasteiger partial charge >= 0.3 is 0 Å². The van der Waals surface area contributed by atoms with Gasteiger partial charge in [-0.3, -0.25) is 0 Å². The fourth-order valence-electron chi connectivity index (χ4n) is 1.30. The number of nitrogens with zero attached hydrogens (tertiary/aromatic N) is 2. The van der Waals surface area contributed by atoms with Gasteiger partial charge in [-0.25, -0.2) is 4.63 Å². The van der Waals surface area contributed by atoms with Crippen LogP contribution in [0.25, 0.3) is 0 Å². The molecular weight excluding hydrogens is 194 g/mol. The lowest BCUT2D eigenvalue weighted by atomic mass is 10.3. The molecule has 0 unspecified atom stereocenters. The summed E-state index contributed by atoms with van der Waals surface area (Å²) in [6.45, 7) is 5.12. The van der Waals surface area contributed by atoms with Crippen LogP contribution in [0.2, 0.25) is 0 Å². The number of aromatic nitrogens is 2. The number of nitrogens with one attached hydrogen (secondary N) is 1. The third-order valence-electron chi connectivity index (χ3n) is 2.51. The van der Waals surface area contributed by atoms with Crippen molar-refractivity contribution in [3.05, 3.63) is 11.4 Å². The molecule has 0 saturated heterocycles. The highest BCUT2D eigenvalue weighted by Gasteiger charge is 2.20. The van der Waals surface area contributed by atoms with Gasteiger partial charge in [0.2, 0.25) is 0 Å². The lowest BCUT2D eigenvalue weighted by Gasteiger charge is -2.03. The standard InChI is InChI=1S/C10H17N3O2/c1-8-10(13-15-12-8)6-11-4-5-14-7-9-2-3-9/h9,11H,2-7H2,1H3. The number of hydrogen-bond donors (Lipinski definition) is 1. The van der Waals surface area contributed by atoms with Crippen molar-refractivity contribution in [1.29, 1.82) is 0 Å². The van der Waals surface area contributed by atoms with Crippen LogP contribution in [0.3, 0.4) is 0 Å². The average molecular weight is 211 g/mol. The highest BCUT2D eigenvalue weighted by atomic mass is 16.6. The van der Waals surface area contributed by atoms with Gasteiger partial charge < -0.3 is 10.1 Å². The van der Waals surface area contributed by atoms with Crippen molar-refractivity contribution >= 4 is 0 Å². The molecule has 1 fully saturated rings. The van der Waals surface area contributed by atoms with Crippen LogP contribution < -0.4 is 5.32 Å². The molecule has 5 nitrogen and oxygen atoms in total. The molecule has 0 atom stereocenters. The van der Waals surface area contributed by atoms with E-state index in [1.807, 2.05) is 6.92 Å². The maximum atomic E-state index is 5.49. The molecule has 5 heteroatoms. The topological polar surface area (TPSA) is 60.2 Å². The second-order valence-electron chi connectivity index (χ2n) is 3.99. The summed E-state index contributed by atoms with van der Waals surface area (Å²) in [5, 5.41) is 10.7. The largest absolute Gasteiger partial charge is 0.380 e. The van der Waals surface area contributed by atoms with Crippen LogP contribution in [0.5, 0.6) is 0 Å². The Morgan fingerprint density at radius 1 is 1.47 bits per heavy atom. The summed E-state index contributed by atoms with van der Waals surface area (Å²) >= 11 is 0. The van der Waals surface area contributed by atoms with Gasteiger partial charge in [0.05, 0.1) is 6.61 Å².